The number of β-amino-alcohol motifs (C(OH)–C–C–N with tert-alkyl or cyclic N) is 1. The number of likely N-dealkylation sites (tertiary alicyclic amines) is 1. The van der Waals surface area contributed by atoms with E-state index in [1.54, 1.807) is 0 Å². The molecule has 1 aliphatic heterocycles. The zero-order valence-corrected chi connectivity index (χ0v) is 11.2. The molecule has 1 aliphatic carbocycles. The van der Waals surface area contributed by atoms with Gasteiger partial charge >= 0.3 is 0 Å². The van der Waals surface area contributed by atoms with Gasteiger partial charge in [-0.2, -0.15) is 0 Å². The molecule has 0 bridgehead atoms. The van der Waals surface area contributed by atoms with Crippen molar-refractivity contribution in [2.24, 2.45) is 5.92 Å². The fourth-order valence-electron chi connectivity index (χ4n) is 2.82. The normalized spacial score (nSPS) is 25.1. The molecule has 2 aliphatic rings. The zero-order chi connectivity index (χ0) is 12.1. The smallest absolute Gasteiger partial charge is 0.0791 e. The fourth-order valence-corrected chi connectivity index (χ4v) is 2.82. The Bertz CT molecular complexity index is 210. The van der Waals surface area contributed by atoms with Crippen LogP contribution in [0.1, 0.15) is 45.4 Å². The van der Waals surface area contributed by atoms with E-state index in [9.17, 15) is 5.11 Å². The van der Waals surface area contributed by atoms with E-state index in [0.29, 0.717) is 6.04 Å². The Labute approximate surface area is 106 Å². The molecule has 1 saturated carbocycles. The van der Waals surface area contributed by atoms with E-state index in [2.05, 4.69) is 17.1 Å². The number of hydrogen-bond acceptors (Lipinski definition) is 3. The maximum Gasteiger partial charge on any atom is 0.0791 e. The third kappa shape index (κ3) is 4.94. The van der Waals surface area contributed by atoms with Gasteiger partial charge < -0.3 is 15.3 Å². The number of rotatable bonds is 7. The van der Waals surface area contributed by atoms with E-state index < -0.39 is 0 Å². The molecule has 3 heteroatoms. The molecule has 17 heavy (non-hydrogen) atoms. The zero-order valence-electron chi connectivity index (χ0n) is 11.2. The summed E-state index contributed by atoms with van der Waals surface area (Å²) in [5, 5.41) is 13.3. The van der Waals surface area contributed by atoms with Gasteiger partial charge in [0.1, 0.15) is 0 Å². The largest absolute Gasteiger partial charge is 0.390 e. The van der Waals surface area contributed by atoms with Gasteiger partial charge in [-0.3, -0.25) is 0 Å². The van der Waals surface area contributed by atoms with Crippen molar-refractivity contribution in [3.63, 3.8) is 0 Å². The van der Waals surface area contributed by atoms with Crippen LogP contribution < -0.4 is 5.32 Å². The molecule has 2 rings (SSSR count). The van der Waals surface area contributed by atoms with Gasteiger partial charge in [0, 0.05) is 19.1 Å². The third-order valence-electron chi connectivity index (χ3n) is 4.09. The summed E-state index contributed by atoms with van der Waals surface area (Å²) in [5.74, 6) is 0.943. The highest BCUT2D eigenvalue weighted by atomic mass is 16.3. The first-order valence-electron chi connectivity index (χ1n) is 7.41. The molecule has 0 aromatic carbocycles. The molecule has 1 unspecified atom stereocenters. The molecule has 100 valence electrons. The summed E-state index contributed by atoms with van der Waals surface area (Å²) in [6, 6.07) is 0.708. The lowest BCUT2D eigenvalue weighted by Crippen LogP contribution is -2.42. The van der Waals surface area contributed by atoms with E-state index in [1.807, 2.05) is 0 Å². The second-order valence-electron chi connectivity index (χ2n) is 5.87. The first-order chi connectivity index (χ1) is 8.28. The van der Waals surface area contributed by atoms with Crippen molar-refractivity contribution in [2.45, 2.75) is 57.6 Å². The molecule has 0 aromatic rings. The molecule has 1 atom stereocenters. The van der Waals surface area contributed by atoms with Crippen molar-refractivity contribution in [3.8, 4) is 0 Å². The van der Waals surface area contributed by atoms with E-state index in [-0.39, 0.29) is 6.10 Å². The minimum atomic E-state index is -0.182. The fraction of sp³-hybridized carbons (Fsp3) is 1.00. The van der Waals surface area contributed by atoms with Crippen LogP contribution in [0.25, 0.3) is 0 Å². The monoisotopic (exact) mass is 240 g/mol. The first-order valence-corrected chi connectivity index (χ1v) is 7.41. The van der Waals surface area contributed by atoms with Crippen LogP contribution in [-0.2, 0) is 0 Å². The minimum absolute atomic E-state index is 0.182. The van der Waals surface area contributed by atoms with E-state index >= 15 is 0 Å². The maximum atomic E-state index is 9.94. The van der Waals surface area contributed by atoms with Crippen molar-refractivity contribution < 1.29 is 5.11 Å². The topological polar surface area (TPSA) is 35.5 Å². The Morgan fingerprint density at radius 1 is 1.24 bits per heavy atom. The van der Waals surface area contributed by atoms with Crippen molar-refractivity contribution in [1.82, 2.24) is 10.2 Å². The standard InChI is InChI=1S/C14H28N2O/c1-2-3-12-6-8-16(9-7-12)11-14(17)10-15-13-4-5-13/h12-15,17H,2-11H2,1H3. The molecule has 3 nitrogen and oxygen atoms in total. The predicted octanol–water partition coefficient (Wildman–Crippen LogP) is 1.61. The summed E-state index contributed by atoms with van der Waals surface area (Å²) in [6.45, 7) is 6.29. The second kappa shape index (κ2) is 6.72. The van der Waals surface area contributed by atoms with E-state index in [1.165, 1.54) is 51.6 Å². The summed E-state index contributed by atoms with van der Waals surface area (Å²) in [7, 11) is 0. The van der Waals surface area contributed by atoms with Crippen molar-refractivity contribution in [1.29, 1.82) is 0 Å². The summed E-state index contributed by atoms with van der Waals surface area (Å²) >= 11 is 0. The van der Waals surface area contributed by atoms with Gasteiger partial charge in [0.25, 0.3) is 0 Å². The van der Waals surface area contributed by atoms with E-state index in [0.717, 1.165) is 19.0 Å². The average molecular weight is 240 g/mol. The van der Waals surface area contributed by atoms with Crippen LogP contribution in [0.3, 0.4) is 0 Å². The van der Waals surface area contributed by atoms with Gasteiger partial charge in [-0.05, 0) is 44.7 Å². The number of aliphatic hydroxyl groups excluding tert-OH is 1. The highest BCUT2D eigenvalue weighted by Gasteiger charge is 2.23. The second-order valence-corrected chi connectivity index (χ2v) is 5.87. The van der Waals surface area contributed by atoms with Crippen molar-refractivity contribution in [3.05, 3.63) is 0 Å². The molecule has 0 spiro atoms. The maximum absolute atomic E-state index is 9.94. The molecule has 1 saturated heterocycles. The molecular formula is C14H28N2O. The Kier molecular flexibility index (Phi) is 5.26. The molecule has 0 amide bonds. The van der Waals surface area contributed by atoms with Crippen LogP contribution in [0, 0.1) is 5.92 Å². The third-order valence-corrected chi connectivity index (χ3v) is 4.09. The van der Waals surface area contributed by atoms with Gasteiger partial charge in [-0.1, -0.05) is 19.8 Å². The van der Waals surface area contributed by atoms with Gasteiger partial charge in [0.15, 0.2) is 0 Å². The summed E-state index contributed by atoms with van der Waals surface area (Å²) < 4.78 is 0. The lowest BCUT2D eigenvalue weighted by Gasteiger charge is -2.33. The van der Waals surface area contributed by atoms with Gasteiger partial charge in [-0.15, -0.1) is 0 Å². The van der Waals surface area contributed by atoms with Crippen LogP contribution in [0.4, 0.5) is 0 Å². The lowest BCUT2D eigenvalue weighted by atomic mass is 9.92. The highest BCUT2D eigenvalue weighted by molar-refractivity contribution is 4.82. The van der Waals surface area contributed by atoms with Gasteiger partial charge in [0.2, 0.25) is 0 Å². The number of aliphatic hydroxyl groups is 1. The number of hydrogen-bond donors (Lipinski definition) is 2. The quantitative estimate of drug-likeness (QED) is 0.710. The summed E-state index contributed by atoms with van der Waals surface area (Å²) in [6.07, 6.45) is 7.79. The Morgan fingerprint density at radius 2 is 1.94 bits per heavy atom. The number of nitrogens with zero attached hydrogens (tertiary/aromatic N) is 1. The number of nitrogens with one attached hydrogen (secondary N) is 1. The summed E-state index contributed by atoms with van der Waals surface area (Å²) in [4.78, 5) is 2.44. The predicted molar refractivity (Wildman–Crippen MR) is 71.1 cm³/mol. The van der Waals surface area contributed by atoms with Crippen molar-refractivity contribution >= 4 is 0 Å². The molecular weight excluding hydrogens is 212 g/mol. The number of piperidine rings is 1. The van der Waals surface area contributed by atoms with E-state index in [4.69, 9.17) is 0 Å². The Morgan fingerprint density at radius 3 is 2.53 bits per heavy atom. The van der Waals surface area contributed by atoms with Crippen LogP contribution in [-0.4, -0.2) is 48.3 Å². The minimum Gasteiger partial charge on any atom is -0.390 e. The van der Waals surface area contributed by atoms with Crippen LogP contribution in [0.15, 0.2) is 0 Å². The van der Waals surface area contributed by atoms with Crippen molar-refractivity contribution in [2.75, 3.05) is 26.2 Å². The Balaban J connectivity index is 1.56. The lowest BCUT2D eigenvalue weighted by molar-refractivity contribution is 0.0871. The average Bonchev–Trinajstić information content (AvgIpc) is 3.13. The SMILES string of the molecule is CCCC1CCN(CC(O)CNC2CC2)CC1. The van der Waals surface area contributed by atoms with Crippen LogP contribution in [0.5, 0.6) is 0 Å². The van der Waals surface area contributed by atoms with Crippen LogP contribution >= 0.6 is 0 Å². The van der Waals surface area contributed by atoms with Gasteiger partial charge in [0.05, 0.1) is 6.10 Å². The van der Waals surface area contributed by atoms with Gasteiger partial charge in [-0.25, -0.2) is 0 Å². The molecule has 0 aromatic heterocycles. The van der Waals surface area contributed by atoms with Crippen LogP contribution in [0.2, 0.25) is 0 Å². The molecule has 2 fully saturated rings. The molecule has 2 N–H and O–H groups in total. The first kappa shape index (κ1) is 13.3. The Hall–Kier alpha value is -0.120. The molecule has 1 heterocycles. The molecule has 0 radical (unpaired) electrons. The highest BCUT2D eigenvalue weighted by Crippen LogP contribution is 2.22. The summed E-state index contributed by atoms with van der Waals surface area (Å²) in [5.41, 5.74) is 0.